The average molecular weight is 345 g/mol. The molecule has 0 saturated carbocycles. The summed E-state index contributed by atoms with van der Waals surface area (Å²) < 4.78 is 14.3. The third kappa shape index (κ3) is 2.69. The third-order valence-corrected chi connectivity index (χ3v) is 4.20. The molecular weight excluding hydrogens is 331 g/mol. The summed E-state index contributed by atoms with van der Waals surface area (Å²) in [5.41, 5.74) is 2.91. The van der Waals surface area contributed by atoms with Gasteiger partial charge in [-0.25, -0.2) is 4.39 Å². The second-order valence-corrected chi connectivity index (χ2v) is 5.67. The smallest absolute Gasteiger partial charge is 0.137 e. The summed E-state index contributed by atoms with van der Waals surface area (Å²) in [6.07, 6.45) is 1.78. The van der Waals surface area contributed by atoms with E-state index in [1.807, 2.05) is 43.4 Å². The van der Waals surface area contributed by atoms with Gasteiger partial charge in [-0.3, -0.25) is 4.98 Å². The van der Waals surface area contributed by atoms with E-state index in [0.717, 1.165) is 22.0 Å². The highest BCUT2D eigenvalue weighted by Gasteiger charge is 2.16. The largest absolute Gasteiger partial charge is 0.309 e. The van der Waals surface area contributed by atoms with E-state index in [-0.39, 0.29) is 11.9 Å². The van der Waals surface area contributed by atoms with E-state index < -0.39 is 0 Å². The van der Waals surface area contributed by atoms with E-state index in [1.54, 1.807) is 18.3 Å². The zero-order chi connectivity index (χ0) is 14.8. The van der Waals surface area contributed by atoms with Crippen LogP contribution in [0.4, 0.5) is 4.39 Å². The molecule has 0 saturated heterocycles. The molecule has 2 aromatic carbocycles. The topological polar surface area (TPSA) is 24.9 Å². The molecule has 1 N–H and O–H groups in total. The second kappa shape index (κ2) is 5.92. The summed E-state index contributed by atoms with van der Waals surface area (Å²) in [5, 5.41) is 4.34. The molecule has 1 unspecified atom stereocenters. The van der Waals surface area contributed by atoms with Crippen LogP contribution in [0.3, 0.4) is 0 Å². The number of hydrogen-bond acceptors (Lipinski definition) is 2. The monoisotopic (exact) mass is 344 g/mol. The number of aromatic nitrogens is 1. The minimum absolute atomic E-state index is 0.0829. The Morgan fingerprint density at radius 1 is 1.14 bits per heavy atom. The number of rotatable bonds is 3. The molecule has 3 rings (SSSR count). The highest BCUT2D eigenvalue weighted by atomic mass is 79.9. The fraction of sp³-hybridized carbons (Fsp3) is 0.118. The van der Waals surface area contributed by atoms with E-state index in [2.05, 4.69) is 26.2 Å². The second-order valence-electron chi connectivity index (χ2n) is 4.81. The first-order chi connectivity index (χ1) is 10.2. The lowest BCUT2D eigenvalue weighted by molar-refractivity contribution is 0.611. The lowest BCUT2D eigenvalue weighted by Crippen LogP contribution is -2.18. The summed E-state index contributed by atoms with van der Waals surface area (Å²) >= 11 is 3.19. The molecule has 0 aliphatic heterocycles. The molecular formula is C17H14BrFN2. The van der Waals surface area contributed by atoms with Gasteiger partial charge in [-0.1, -0.05) is 24.3 Å². The SMILES string of the molecule is CNC(c1ccc(Br)c(F)c1)c1cccc2ncccc12. The number of halogens is 2. The van der Waals surface area contributed by atoms with Crippen molar-refractivity contribution >= 4 is 26.8 Å². The number of pyridine rings is 1. The summed E-state index contributed by atoms with van der Waals surface area (Å²) in [4.78, 5) is 4.37. The fourth-order valence-electron chi connectivity index (χ4n) is 2.57. The molecule has 106 valence electrons. The van der Waals surface area contributed by atoms with Crippen LogP contribution < -0.4 is 5.32 Å². The third-order valence-electron chi connectivity index (χ3n) is 3.56. The van der Waals surface area contributed by atoms with Crippen molar-refractivity contribution in [2.24, 2.45) is 0 Å². The highest BCUT2D eigenvalue weighted by Crippen LogP contribution is 2.29. The first-order valence-corrected chi connectivity index (χ1v) is 7.46. The summed E-state index contributed by atoms with van der Waals surface area (Å²) in [7, 11) is 1.87. The molecule has 0 spiro atoms. The molecule has 2 nitrogen and oxygen atoms in total. The first kappa shape index (κ1) is 14.2. The molecule has 0 bridgehead atoms. The number of nitrogens with one attached hydrogen (secondary N) is 1. The molecule has 0 aliphatic rings. The van der Waals surface area contributed by atoms with Gasteiger partial charge in [0.15, 0.2) is 0 Å². The molecule has 0 aliphatic carbocycles. The normalized spacial score (nSPS) is 12.5. The van der Waals surface area contributed by atoms with Gasteiger partial charge in [0.1, 0.15) is 5.82 Å². The fourth-order valence-corrected chi connectivity index (χ4v) is 2.82. The van der Waals surface area contributed by atoms with Crippen LogP contribution in [0.1, 0.15) is 17.2 Å². The molecule has 0 radical (unpaired) electrons. The van der Waals surface area contributed by atoms with Crippen molar-refractivity contribution < 1.29 is 4.39 Å². The Kier molecular flexibility index (Phi) is 3.99. The molecule has 4 heteroatoms. The molecule has 0 amide bonds. The molecule has 21 heavy (non-hydrogen) atoms. The number of fused-ring (bicyclic) bond motifs is 1. The van der Waals surface area contributed by atoms with Crippen molar-refractivity contribution in [3.8, 4) is 0 Å². The van der Waals surface area contributed by atoms with E-state index in [0.29, 0.717) is 4.47 Å². The molecule has 1 atom stereocenters. The van der Waals surface area contributed by atoms with Crippen LogP contribution in [-0.4, -0.2) is 12.0 Å². The van der Waals surface area contributed by atoms with E-state index in [1.165, 1.54) is 0 Å². The van der Waals surface area contributed by atoms with Gasteiger partial charge in [0.25, 0.3) is 0 Å². The van der Waals surface area contributed by atoms with Gasteiger partial charge in [0.05, 0.1) is 16.0 Å². The maximum atomic E-state index is 13.8. The molecule has 1 heterocycles. The lowest BCUT2D eigenvalue weighted by atomic mass is 9.95. The lowest BCUT2D eigenvalue weighted by Gasteiger charge is -2.19. The van der Waals surface area contributed by atoms with Crippen LogP contribution >= 0.6 is 15.9 Å². The molecule has 3 aromatic rings. The van der Waals surface area contributed by atoms with Crippen LogP contribution in [0.2, 0.25) is 0 Å². The van der Waals surface area contributed by atoms with Gasteiger partial charge in [-0.15, -0.1) is 0 Å². The molecule has 0 fully saturated rings. The van der Waals surface area contributed by atoms with E-state index in [9.17, 15) is 4.39 Å². The van der Waals surface area contributed by atoms with Crippen molar-refractivity contribution in [1.29, 1.82) is 0 Å². The van der Waals surface area contributed by atoms with Gasteiger partial charge < -0.3 is 5.32 Å². The van der Waals surface area contributed by atoms with Gasteiger partial charge in [-0.05, 0) is 58.4 Å². The Hall–Kier alpha value is -1.78. The Morgan fingerprint density at radius 2 is 2.00 bits per heavy atom. The van der Waals surface area contributed by atoms with Crippen molar-refractivity contribution in [1.82, 2.24) is 10.3 Å². The van der Waals surface area contributed by atoms with Crippen LogP contribution in [0.15, 0.2) is 59.2 Å². The standard InChI is InChI=1S/C17H14BrFN2/c1-20-17(11-7-8-14(18)15(19)10-11)13-4-2-6-16-12(13)5-3-9-21-16/h2-10,17,20H,1H3. The zero-order valence-electron chi connectivity index (χ0n) is 11.5. The van der Waals surface area contributed by atoms with Crippen LogP contribution in [0.25, 0.3) is 10.9 Å². The van der Waals surface area contributed by atoms with Gasteiger partial charge >= 0.3 is 0 Å². The van der Waals surface area contributed by atoms with Gasteiger partial charge in [0.2, 0.25) is 0 Å². The summed E-state index contributed by atoms with van der Waals surface area (Å²) in [5.74, 6) is -0.258. The van der Waals surface area contributed by atoms with E-state index >= 15 is 0 Å². The highest BCUT2D eigenvalue weighted by molar-refractivity contribution is 9.10. The number of hydrogen-bond donors (Lipinski definition) is 1. The zero-order valence-corrected chi connectivity index (χ0v) is 13.1. The van der Waals surface area contributed by atoms with Crippen molar-refractivity contribution in [2.75, 3.05) is 7.05 Å². The number of nitrogens with zero attached hydrogens (tertiary/aromatic N) is 1. The minimum atomic E-state index is -0.258. The van der Waals surface area contributed by atoms with Gasteiger partial charge in [0, 0.05) is 11.6 Å². The maximum Gasteiger partial charge on any atom is 0.137 e. The summed E-state index contributed by atoms with van der Waals surface area (Å²) in [6.45, 7) is 0. The Bertz CT molecular complexity index is 783. The van der Waals surface area contributed by atoms with Crippen LogP contribution in [-0.2, 0) is 0 Å². The number of benzene rings is 2. The van der Waals surface area contributed by atoms with Gasteiger partial charge in [-0.2, -0.15) is 0 Å². The molecule has 1 aromatic heterocycles. The maximum absolute atomic E-state index is 13.8. The quantitative estimate of drug-likeness (QED) is 0.759. The van der Waals surface area contributed by atoms with Crippen molar-refractivity contribution in [3.05, 3.63) is 76.1 Å². The van der Waals surface area contributed by atoms with Crippen molar-refractivity contribution in [2.45, 2.75) is 6.04 Å². The Balaban J connectivity index is 2.16. The Morgan fingerprint density at radius 3 is 2.76 bits per heavy atom. The average Bonchev–Trinajstić information content (AvgIpc) is 2.52. The van der Waals surface area contributed by atoms with Crippen LogP contribution in [0.5, 0.6) is 0 Å². The first-order valence-electron chi connectivity index (χ1n) is 6.66. The predicted octanol–water partition coefficient (Wildman–Crippen LogP) is 4.45. The predicted molar refractivity (Wildman–Crippen MR) is 86.7 cm³/mol. The van der Waals surface area contributed by atoms with Crippen molar-refractivity contribution in [3.63, 3.8) is 0 Å². The van der Waals surface area contributed by atoms with Crippen LogP contribution in [0, 0.1) is 5.82 Å². The van der Waals surface area contributed by atoms with E-state index in [4.69, 9.17) is 0 Å². The minimum Gasteiger partial charge on any atom is -0.309 e. The summed E-state index contributed by atoms with van der Waals surface area (Å²) in [6, 6.07) is 15.1. The Labute approximate surface area is 131 Å².